The maximum Gasteiger partial charge on any atom is 0.0977 e. The fraction of sp³-hybridized carbons (Fsp3) is 0.833. The molecule has 62 valence electrons. The van der Waals surface area contributed by atoms with Crippen molar-refractivity contribution in [3.8, 4) is 0 Å². The molecule has 0 bridgehead atoms. The molecule has 0 heterocycles. The van der Waals surface area contributed by atoms with Gasteiger partial charge < -0.3 is 20.4 Å². The van der Waals surface area contributed by atoms with Gasteiger partial charge in [-0.3, -0.25) is 0 Å². The summed E-state index contributed by atoms with van der Waals surface area (Å²) < 4.78 is 4.92. The van der Waals surface area contributed by atoms with E-state index in [1.165, 1.54) is 0 Å². The van der Waals surface area contributed by atoms with Gasteiger partial charge >= 0.3 is 0 Å². The van der Waals surface area contributed by atoms with E-state index >= 15 is 0 Å². The molecule has 3 N–H and O–H groups in total. The molecule has 0 spiro atoms. The van der Waals surface area contributed by atoms with Crippen LogP contribution in [0.15, 0.2) is 0 Å². The van der Waals surface area contributed by atoms with E-state index in [0.29, 0.717) is 0 Å². The van der Waals surface area contributed by atoms with Crippen LogP contribution in [0.2, 0.25) is 0 Å². The van der Waals surface area contributed by atoms with Gasteiger partial charge in [0, 0.05) is 12.6 Å². The summed E-state index contributed by atoms with van der Waals surface area (Å²) in [5.74, 6) is -1.08. The van der Waals surface area contributed by atoms with Crippen LogP contribution >= 0.6 is 0 Å². The number of quaternary nitrogens is 1. The molecule has 0 radical (unpaired) electrons. The largest absolute Gasteiger partial charge is 0.550 e. The second kappa shape index (κ2) is 11.2. The zero-order valence-electron chi connectivity index (χ0n) is 6.55. The van der Waals surface area contributed by atoms with E-state index in [1.807, 2.05) is 6.92 Å². The molecule has 0 aromatic carbocycles. The topological polar surface area (TPSA) is 77.0 Å². The van der Waals surface area contributed by atoms with Crippen molar-refractivity contribution in [2.45, 2.75) is 13.8 Å². The third-order valence-corrected chi connectivity index (χ3v) is 0.493. The molecular formula is C6H15NO3. The molecule has 0 aromatic heterocycles. The van der Waals surface area contributed by atoms with Crippen molar-refractivity contribution in [3.63, 3.8) is 0 Å². The first kappa shape index (κ1) is 12.1. The Morgan fingerprint density at radius 3 is 2.20 bits per heavy atom. The summed E-state index contributed by atoms with van der Waals surface area (Å²) in [4.78, 5) is 8.89. The van der Waals surface area contributed by atoms with E-state index in [2.05, 4.69) is 5.73 Å². The lowest BCUT2D eigenvalue weighted by molar-refractivity contribution is -0.374. The predicted octanol–water partition coefficient (Wildman–Crippen LogP) is -1.98. The summed E-state index contributed by atoms with van der Waals surface area (Å²) in [6, 6.07) is 0. The summed E-state index contributed by atoms with van der Waals surface area (Å²) >= 11 is 0. The summed E-state index contributed by atoms with van der Waals surface area (Å²) in [5.41, 5.74) is 3.60. The average Bonchev–Trinajstić information content (AvgIpc) is 1.82. The van der Waals surface area contributed by atoms with Crippen molar-refractivity contribution in [1.82, 2.24) is 0 Å². The van der Waals surface area contributed by atoms with Gasteiger partial charge in [0.1, 0.15) is 0 Å². The first-order chi connectivity index (χ1) is 4.65. The van der Waals surface area contributed by atoms with Gasteiger partial charge in [0.05, 0.1) is 13.2 Å². The number of carboxylic acid groups (broad SMARTS) is 1. The van der Waals surface area contributed by atoms with Crippen LogP contribution in [0, 0.1) is 0 Å². The quantitative estimate of drug-likeness (QED) is 0.472. The number of carboxylic acids is 1. The van der Waals surface area contributed by atoms with Crippen LogP contribution in [0.25, 0.3) is 0 Å². The lowest BCUT2D eigenvalue weighted by atomic mass is 10.7. The Hall–Kier alpha value is -0.610. The fourth-order valence-electron chi connectivity index (χ4n) is 0.246. The standard InChI is InChI=1S/C4H11NO.C2H4O2/c1-2-6-4-3-5;1-2(3)4/h2-5H2,1H3;1H3,(H,3,4). The first-order valence-corrected chi connectivity index (χ1v) is 3.19. The maximum absolute atomic E-state index is 8.89. The van der Waals surface area contributed by atoms with E-state index in [9.17, 15) is 0 Å². The van der Waals surface area contributed by atoms with Crippen molar-refractivity contribution in [3.05, 3.63) is 0 Å². The van der Waals surface area contributed by atoms with Crippen molar-refractivity contribution in [1.29, 1.82) is 0 Å². The van der Waals surface area contributed by atoms with E-state index in [4.69, 9.17) is 14.6 Å². The highest BCUT2D eigenvalue weighted by atomic mass is 16.5. The molecule has 0 aromatic rings. The third-order valence-electron chi connectivity index (χ3n) is 0.493. The summed E-state index contributed by atoms with van der Waals surface area (Å²) in [5, 5.41) is 8.89. The first-order valence-electron chi connectivity index (χ1n) is 3.19. The minimum Gasteiger partial charge on any atom is -0.550 e. The number of rotatable bonds is 3. The lowest BCUT2D eigenvalue weighted by Gasteiger charge is -1.89. The second-order valence-electron chi connectivity index (χ2n) is 1.54. The number of ether oxygens (including phenoxy) is 1. The molecule has 0 rings (SSSR count). The molecule has 10 heavy (non-hydrogen) atoms. The SMILES string of the molecule is CC(=O)[O-].CCOCC[NH3+]. The van der Waals surface area contributed by atoms with Crippen molar-refractivity contribution in [2.24, 2.45) is 0 Å². The van der Waals surface area contributed by atoms with Crippen molar-refractivity contribution >= 4 is 5.97 Å². The lowest BCUT2D eigenvalue weighted by Crippen LogP contribution is -2.52. The summed E-state index contributed by atoms with van der Waals surface area (Å²) in [6.07, 6.45) is 0. The molecule has 0 atom stereocenters. The number of carbonyl (C=O) groups is 1. The minimum atomic E-state index is -1.08. The van der Waals surface area contributed by atoms with E-state index < -0.39 is 5.97 Å². The van der Waals surface area contributed by atoms with Crippen LogP contribution in [0.1, 0.15) is 13.8 Å². The van der Waals surface area contributed by atoms with Gasteiger partial charge in [0.25, 0.3) is 0 Å². The fourth-order valence-corrected chi connectivity index (χ4v) is 0.246. The molecule has 4 heteroatoms. The highest BCUT2D eigenvalue weighted by molar-refractivity contribution is 5.60. The Balaban J connectivity index is 0. The van der Waals surface area contributed by atoms with Crippen LogP contribution in [0.5, 0.6) is 0 Å². The molecule has 0 amide bonds. The Bertz CT molecular complexity index is 67.4. The molecule has 0 aliphatic carbocycles. The Kier molecular flexibility index (Phi) is 13.6. The number of carbonyl (C=O) groups excluding carboxylic acids is 1. The molecule has 0 saturated carbocycles. The van der Waals surface area contributed by atoms with Gasteiger partial charge in [-0.05, 0) is 13.8 Å². The average molecular weight is 149 g/mol. The zero-order valence-corrected chi connectivity index (χ0v) is 6.55. The monoisotopic (exact) mass is 149 g/mol. The smallest absolute Gasteiger partial charge is 0.0977 e. The Labute approximate surface area is 61.0 Å². The summed E-state index contributed by atoms with van der Waals surface area (Å²) in [6.45, 7) is 5.45. The van der Waals surface area contributed by atoms with Gasteiger partial charge in [-0.15, -0.1) is 0 Å². The van der Waals surface area contributed by atoms with Crippen molar-refractivity contribution in [2.75, 3.05) is 19.8 Å². The van der Waals surface area contributed by atoms with E-state index in [1.54, 1.807) is 0 Å². The van der Waals surface area contributed by atoms with Crippen LogP contribution in [0.3, 0.4) is 0 Å². The molecule has 4 nitrogen and oxygen atoms in total. The molecule has 0 aliphatic rings. The van der Waals surface area contributed by atoms with Crippen LogP contribution < -0.4 is 10.8 Å². The van der Waals surface area contributed by atoms with Crippen LogP contribution in [0.4, 0.5) is 0 Å². The third kappa shape index (κ3) is 52.8. The van der Waals surface area contributed by atoms with Crippen LogP contribution in [-0.4, -0.2) is 25.7 Å². The second-order valence-corrected chi connectivity index (χ2v) is 1.54. The number of aliphatic carboxylic acids is 1. The highest BCUT2D eigenvalue weighted by Crippen LogP contribution is 1.63. The van der Waals surface area contributed by atoms with Crippen molar-refractivity contribution < 1.29 is 20.4 Å². The molecule has 0 aliphatic heterocycles. The maximum atomic E-state index is 8.89. The number of hydrogen-bond donors (Lipinski definition) is 1. The molecule has 0 saturated heterocycles. The van der Waals surface area contributed by atoms with Crippen LogP contribution in [-0.2, 0) is 9.53 Å². The highest BCUT2D eigenvalue weighted by Gasteiger charge is 1.75. The van der Waals surface area contributed by atoms with Gasteiger partial charge in [0.15, 0.2) is 0 Å². The van der Waals surface area contributed by atoms with Gasteiger partial charge in [-0.1, -0.05) is 0 Å². The van der Waals surface area contributed by atoms with Gasteiger partial charge in [-0.25, -0.2) is 0 Å². The zero-order chi connectivity index (χ0) is 8.41. The molecular weight excluding hydrogens is 134 g/mol. The Morgan fingerprint density at radius 2 is 2.10 bits per heavy atom. The number of hydrogen-bond acceptors (Lipinski definition) is 3. The molecule has 0 unspecified atom stereocenters. The molecule has 0 fully saturated rings. The predicted molar refractivity (Wildman–Crippen MR) is 34.9 cm³/mol. The minimum absolute atomic E-state index is 0.802. The normalized spacial score (nSPS) is 7.90. The van der Waals surface area contributed by atoms with Gasteiger partial charge in [0.2, 0.25) is 0 Å². The van der Waals surface area contributed by atoms with E-state index in [0.717, 1.165) is 26.7 Å². The van der Waals surface area contributed by atoms with Gasteiger partial charge in [-0.2, -0.15) is 0 Å². The summed E-state index contributed by atoms with van der Waals surface area (Å²) in [7, 11) is 0. The Morgan fingerprint density at radius 1 is 1.70 bits per heavy atom. The van der Waals surface area contributed by atoms with E-state index in [-0.39, 0.29) is 0 Å².